The average Bonchev–Trinajstić information content (AvgIpc) is 2.66. The fourth-order valence-electron chi connectivity index (χ4n) is 2.60. The number of benzene rings is 2. The third-order valence-corrected chi connectivity index (χ3v) is 4.00. The number of carbonyl (C=O) groups excluding carboxylic acids is 2. The topological polar surface area (TPSA) is 77.0 Å². The number of oxime groups is 1. The molecule has 2 aromatic carbocycles. The van der Waals surface area contributed by atoms with E-state index >= 15 is 0 Å². The smallest absolute Gasteiger partial charge is 0.308 e. The number of esters is 1. The first-order chi connectivity index (χ1) is 13.4. The van der Waals surface area contributed by atoms with Crippen molar-refractivity contribution < 1.29 is 19.2 Å². The first-order valence-corrected chi connectivity index (χ1v) is 9.12. The number of nitrogens with zero attached hydrogens (tertiary/aromatic N) is 1. The highest BCUT2D eigenvalue weighted by Gasteiger charge is 2.20. The molecule has 0 spiro atoms. The van der Waals surface area contributed by atoms with Gasteiger partial charge in [0.1, 0.15) is 7.11 Å². The second-order valence-electron chi connectivity index (χ2n) is 6.72. The molecule has 0 saturated heterocycles. The molecule has 0 saturated carbocycles. The summed E-state index contributed by atoms with van der Waals surface area (Å²) in [6.07, 6.45) is 1.41. The summed E-state index contributed by atoms with van der Waals surface area (Å²) < 4.78 is 5.25. The van der Waals surface area contributed by atoms with Crippen LogP contribution in [-0.4, -0.2) is 31.3 Å². The lowest BCUT2D eigenvalue weighted by Gasteiger charge is -2.20. The molecule has 0 aliphatic heterocycles. The van der Waals surface area contributed by atoms with Gasteiger partial charge >= 0.3 is 5.97 Å². The highest BCUT2D eigenvalue weighted by atomic mass is 16.6. The summed E-state index contributed by atoms with van der Waals surface area (Å²) in [6.45, 7) is 5.58. The molecule has 148 valence electrons. The van der Waals surface area contributed by atoms with E-state index in [1.807, 2.05) is 31.2 Å². The van der Waals surface area contributed by atoms with Crippen LogP contribution in [0, 0.1) is 6.92 Å². The molecule has 1 amide bonds. The SMILES string of the molecule is CO/N=C/c1ccc(C(=O)NC(CC(=O)OC(C)C)c2ccc(C)cc2)cc1. The largest absolute Gasteiger partial charge is 0.463 e. The summed E-state index contributed by atoms with van der Waals surface area (Å²) in [5.74, 6) is -0.620. The van der Waals surface area contributed by atoms with E-state index in [-0.39, 0.29) is 24.4 Å². The van der Waals surface area contributed by atoms with E-state index in [0.717, 1.165) is 16.7 Å². The van der Waals surface area contributed by atoms with Crippen LogP contribution in [0.5, 0.6) is 0 Å². The molecule has 6 heteroatoms. The predicted octanol–water partition coefficient (Wildman–Crippen LogP) is 3.79. The van der Waals surface area contributed by atoms with Gasteiger partial charge < -0.3 is 14.9 Å². The van der Waals surface area contributed by atoms with Gasteiger partial charge in [-0.2, -0.15) is 0 Å². The van der Waals surface area contributed by atoms with Gasteiger partial charge in [0.2, 0.25) is 0 Å². The molecule has 0 aliphatic rings. The monoisotopic (exact) mass is 382 g/mol. The first kappa shape index (κ1) is 21.2. The number of amides is 1. The fraction of sp³-hybridized carbons (Fsp3) is 0.318. The quantitative estimate of drug-likeness (QED) is 0.428. The van der Waals surface area contributed by atoms with Gasteiger partial charge in [0.05, 0.1) is 24.8 Å². The first-order valence-electron chi connectivity index (χ1n) is 9.12. The van der Waals surface area contributed by atoms with Crippen molar-refractivity contribution in [3.63, 3.8) is 0 Å². The lowest BCUT2D eigenvalue weighted by molar-refractivity contribution is -0.147. The van der Waals surface area contributed by atoms with Crippen LogP contribution in [0.15, 0.2) is 53.7 Å². The number of ether oxygens (including phenoxy) is 1. The predicted molar refractivity (Wildman–Crippen MR) is 108 cm³/mol. The molecule has 0 aliphatic carbocycles. The lowest BCUT2D eigenvalue weighted by atomic mass is 10.0. The van der Waals surface area contributed by atoms with E-state index in [2.05, 4.69) is 15.3 Å². The Balaban J connectivity index is 2.16. The zero-order valence-electron chi connectivity index (χ0n) is 16.6. The maximum absolute atomic E-state index is 12.7. The van der Waals surface area contributed by atoms with Gasteiger partial charge in [-0.25, -0.2) is 0 Å². The van der Waals surface area contributed by atoms with Crippen LogP contribution < -0.4 is 5.32 Å². The Labute approximate surface area is 165 Å². The molecule has 1 atom stereocenters. The molecule has 2 rings (SSSR count). The van der Waals surface area contributed by atoms with Gasteiger partial charge in [0, 0.05) is 5.56 Å². The Morgan fingerprint density at radius 3 is 2.29 bits per heavy atom. The highest BCUT2D eigenvalue weighted by Crippen LogP contribution is 2.19. The normalized spacial score (nSPS) is 12.0. The van der Waals surface area contributed by atoms with Crippen LogP contribution in [0.1, 0.15) is 53.4 Å². The number of nitrogens with one attached hydrogen (secondary N) is 1. The molecule has 1 unspecified atom stereocenters. The number of carbonyl (C=O) groups is 2. The Morgan fingerprint density at radius 1 is 1.07 bits per heavy atom. The van der Waals surface area contributed by atoms with Crippen molar-refractivity contribution in [2.75, 3.05) is 7.11 Å². The summed E-state index contributed by atoms with van der Waals surface area (Å²) in [5.41, 5.74) is 3.26. The molecule has 0 heterocycles. The molecular formula is C22H26N2O4. The second-order valence-corrected chi connectivity index (χ2v) is 6.72. The van der Waals surface area contributed by atoms with Crippen LogP contribution in [0.3, 0.4) is 0 Å². The van der Waals surface area contributed by atoms with Gasteiger partial charge in [-0.15, -0.1) is 0 Å². The molecule has 2 aromatic rings. The van der Waals surface area contributed by atoms with Crippen LogP contribution >= 0.6 is 0 Å². The summed E-state index contributed by atoms with van der Waals surface area (Å²) >= 11 is 0. The van der Waals surface area contributed by atoms with Crippen molar-refractivity contribution in [3.05, 3.63) is 70.8 Å². The third-order valence-electron chi connectivity index (χ3n) is 4.00. The van der Waals surface area contributed by atoms with E-state index in [1.165, 1.54) is 7.11 Å². The van der Waals surface area contributed by atoms with Crippen molar-refractivity contribution in [3.8, 4) is 0 Å². The zero-order valence-corrected chi connectivity index (χ0v) is 16.6. The fourth-order valence-corrected chi connectivity index (χ4v) is 2.60. The van der Waals surface area contributed by atoms with Crippen molar-refractivity contribution >= 4 is 18.1 Å². The molecule has 0 radical (unpaired) electrons. The van der Waals surface area contributed by atoms with Crippen molar-refractivity contribution in [1.29, 1.82) is 0 Å². The van der Waals surface area contributed by atoms with E-state index in [9.17, 15) is 9.59 Å². The van der Waals surface area contributed by atoms with Gasteiger partial charge in [0.25, 0.3) is 5.91 Å². The molecule has 1 N–H and O–H groups in total. The molecule has 6 nitrogen and oxygen atoms in total. The maximum atomic E-state index is 12.7. The Kier molecular flexibility index (Phi) is 7.75. The van der Waals surface area contributed by atoms with E-state index in [0.29, 0.717) is 5.56 Å². The summed E-state index contributed by atoms with van der Waals surface area (Å²) in [6, 6.07) is 14.2. The highest BCUT2D eigenvalue weighted by molar-refractivity contribution is 5.95. The van der Waals surface area contributed by atoms with Crippen LogP contribution in [0.25, 0.3) is 0 Å². The lowest BCUT2D eigenvalue weighted by Crippen LogP contribution is -2.31. The van der Waals surface area contributed by atoms with Gasteiger partial charge in [0.15, 0.2) is 0 Å². The average molecular weight is 382 g/mol. The number of rotatable bonds is 8. The Hall–Kier alpha value is -3.15. The van der Waals surface area contributed by atoms with Crippen molar-refractivity contribution in [2.45, 2.75) is 39.3 Å². The van der Waals surface area contributed by atoms with Crippen LogP contribution in [0.4, 0.5) is 0 Å². The Bertz CT molecular complexity index is 811. The van der Waals surface area contributed by atoms with Crippen molar-refractivity contribution in [1.82, 2.24) is 5.32 Å². The second kappa shape index (κ2) is 10.3. The maximum Gasteiger partial charge on any atom is 0.308 e. The standard InChI is InChI=1S/C22H26N2O4/c1-15(2)28-21(25)13-20(18-9-5-16(3)6-10-18)24-22(26)19-11-7-17(8-12-19)14-23-27-4/h5-12,14-15,20H,13H2,1-4H3,(H,24,26)/b23-14+. The number of aryl methyl sites for hydroxylation is 1. The van der Waals surface area contributed by atoms with Gasteiger partial charge in [-0.1, -0.05) is 47.1 Å². The molecule has 0 aromatic heterocycles. The molecule has 0 fully saturated rings. The minimum absolute atomic E-state index is 0.0611. The number of hydrogen-bond acceptors (Lipinski definition) is 5. The summed E-state index contributed by atoms with van der Waals surface area (Å²) in [7, 11) is 1.47. The minimum Gasteiger partial charge on any atom is -0.463 e. The minimum atomic E-state index is -0.478. The third kappa shape index (κ3) is 6.54. The summed E-state index contributed by atoms with van der Waals surface area (Å²) in [5, 5.41) is 6.63. The molecule has 0 bridgehead atoms. The van der Waals surface area contributed by atoms with Crippen LogP contribution in [0.2, 0.25) is 0 Å². The molecule has 28 heavy (non-hydrogen) atoms. The van der Waals surface area contributed by atoms with E-state index in [4.69, 9.17) is 4.74 Å². The van der Waals surface area contributed by atoms with Gasteiger partial charge in [-0.05, 0) is 44.0 Å². The van der Waals surface area contributed by atoms with E-state index < -0.39 is 6.04 Å². The van der Waals surface area contributed by atoms with E-state index in [1.54, 1.807) is 44.3 Å². The summed E-state index contributed by atoms with van der Waals surface area (Å²) in [4.78, 5) is 29.5. The van der Waals surface area contributed by atoms with Crippen molar-refractivity contribution in [2.24, 2.45) is 5.16 Å². The van der Waals surface area contributed by atoms with Crippen LogP contribution in [-0.2, 0) is 14.4 Å². The molecular weight excluding hydrogens is 356 g/mol. The van der Waals surface area contributed by atoms with Gasteiger partial charge in [-0.3, -0.25) is 9.59 Å². The Morgan fingerprint density at radius 2 is 1.71 bits per heavy atom. The number of hydrogen-bond donors (Lipinski definition) is 1. The zero-order chi connectivity index (χ0) is 20.5.